The Morgan fingerprint density at radius 3 is 2.38 bits per heavy atom. The molecule has 2 heterocycles. The lowest BCUT2D eigenvalue weighted by Crippen LogP contribution is -2.52. The number of carbonyl (C=O) groups is 3. The lowest BCUT2D eigenvalue weighted by atomic mass is 9.84. The summed E-state index contributed by atoms with van der Waals surface area (Å²) < 4.78 is 0. The fourth-order valence-electron chi connectivity index (χ4n) is 3.56. The van der Waals surface area contributed by atoms with Crippen molar-refractivity contribution in [1.82, 2.24) is 14.8 Å². The molecule has 1 aliphatic heterocycles. The number of amides is 3. The maximum atomic E-state index is 12.6. The van der Waals surface area contributed by atoms with E-state index >= 15 is 0 Å². The molecule has 1 saturated carbocycles. The van der Waals surface area contributed by atoms with Crippen LogP contribution in [0.5, 0.6) is 0 Å². The average Bonchev–Trinajstić information content (AvgIpc) is 3.14. The molecule has 29 heavy (non-hydrogen) atoms. The van der Waals surface area contributed by atoms with Crippen molar-refractivity contribution in [2.24, 2.45) is 5.92 Å². The molecule has 7 nitrogen and oxygen atoms in total. The molecular weight excluding hydrogens is 388 g/mol. The third-order valence-electron chi connectivity index (χ3n) is 5.54. The molecule has 2 aliphatic rings. The SMILES string of the molecule is O=C(Nc1nc(CC(=O)N2CCN(C(=O)C3CCC3)CC2)cs1)c1ccccc1. The van der Waals surface area contributed by atoms with Crippen molar-refractivity contribution in [2.45, 2.75) is 25.7 Å². The fraction of sp³-hybridized carbons (Fsp3) is 0.429. The summed E-state index contributed by atoms with van der Waals surface area (Å²) in [5, 5.41) is 5.05. The fourth-order valence-corrected chi connectivity index (χ4v) is 4.27. The Bertz CT molecular complexity index is 886. The standard InChI is InChI=1S/C21H24N4O3S/c26-18(24-9-11-25(12-10-24)20(28)16-7-4-8-16)13-17-14-29-21(22-17)23-19(27)15-5-2-1-3-6-15/h1-3,5-6,14,16H,4,7-13H2,(H,22,23,27). The zero-order chi connectivity index (χ0) is 20.2. The maximum Gasteiger partial charge on any atom is 0.257 e. The Labute approximate surface area is 173 Å². The molecule has 3 amide bonds. The van der Waals surface area contributed by atoms with E-state index in [2.05, 4.69) is 10.3 Å². The maximum absolute atomic E-state index is 12.6. The highest BCUT2D eigenvalue weighted by Crippen LogP contribution is 2.28. The molecule has 1 saturated heterocycles. The highest BCUT2D eigenvalue weighted by atomic mass is 32.1. The summed E-state index contributed by atoms with van der Waals surface area (Å²) in [6.45, 7) is 2.35. The summed E-state index contributed by atoms with van der Waals surface area (Å²) in [4.78, 5) is 45.2. The van der Waals surface area contributed by atoms with Crippen LogP contribution in [0, 0.1) is 5.92 Å². The number of rotatable bonds is 5. The zero-order valence-electron chi connectivity index (χ0n) is 16.2. The Hall–Kier alpha value is -2.74. The van der Waals surface area contributed by atoms with Crippen molar-refractivity contribution in [3.8, 4) is 0 Å². The molecule has 0 bridgehead atoms. The number of anilines is 1. The molecule has 8 heteroatoms. The number of hydrogen-bond acceptors (Lipinski definition) is 5. The number of carbonyl (C=O) groups excluding carboxylic acids is 3. The van der Waals surface area contributed by atoms with Crippen molar-refractivity contribution in [1.29, 1.82) is 0 Å². The molecular formula is C21H24N4O3S. The quantitative estimate of drug-likeness (QED) is 0.818. The van der Waals surface area contributed by atoms with Gasteiger partial charge in [0.15, 0.2) is 5.13 Å². The van der Waals surface area contributed by atoms with Gasteiger partial charge in [0.1, 0.15) is 0 Å². The van der Waals surface area contributed by atoms with Gasteiger partial charge in [0.25, 0.3) is 5.91 Å². The predicted molar refractivity (Wildman–Crippen MR) is 111 cm³/mol. The van der Waals surface area contributed by atoms with Crippen molar-refractivity contribution in [2.75, 3.05) is 31.5 Å². The van der Waals surface area contributed by atoms with Crippen molar-refractivity contribution >= 4 is 34.2 Å². The average molecular weight is 413 g/mol. The van der Waals surface area contributed by atoms with Crippen LogP contribution in [0.4, 0.5) is 5.13 Å². The molecule has 2 aromatic rings. The largest absolute Gasteiger partial charge is 0.339 e. The van der Waals surface area contributed by atoms with Gasteiger partial charge in [0.2, 0.25) is 11.8 Å². The topological polar surface area (TPSA) is 82.6 Å². The van der Waals surface area contributed by atoms with Gasteiger partial charge in [-0.25, -0.2) is 4.98 Å². The first kappa shape index (κ1) is 19.6. The minimum absolute atomic E-state index is 0.00646. The van der Waals surface area contributed by atoms with Crippen LogP contribution in [0.3, 0.4) is 0 Å². The summed E-state index contributed by atoms with van der Waals surface area (Å²) in [6.07, 6.45) is 3.36. The number of piperazine rings is 1. The van der Waals surface area contributed by atoms with Gasteiger partial charge < -0.3 is 9.80 Å². The number of benzene rings is 1. The normalized spacial score (nSPS) is 17.0. The lowest BCUT2D eigenvalue weighted by molar-refractivity contribution is -0.143. The number of nitrogens with one attached hydrogen (secondary N) is 1. The van der Waals surface area contributed by atoms with Crippen LogP contribution in [-0.4, -0.2) is 58.7 Å². The van der Waals surface area contributed by atoms with Crippen molar-refractivity contribution < 1.29 is 14.4 Å². The second-order valence-electron chi connectivity index (χ2n) is 7.47. The molecule has 2 fully saturated rings. The first-order valence-corrected chi connectivity index (χ1v) is 10.9. The summed E-state index contributed by atoms with van der Waals surface area (Å²) in [6, 6.07) is 8.94. The molecule has 4 rings (SSSR count). The smallest absolute Gasteiger partial charge is 0.257 e. The van der Waals surface area contributed by atoms with Gasteiger partial charge in [-0.05, 0) is 25.0 Å². The highest BCUT2D eigenvalue weighted by molar-refractivity contribution is 7.14. The summed E-state index contributed by atoms with van der Waals surface area (Å²) >= 11 is 1.31. The van der Waals surface area contributed by atoms with Gasteiger partial charge in [0, 0.05) is 43.0 Å². The van der Waals surface area contributed by atoms with E-state index in [1.165, 1.54) is 11.3 Å². The third-order valence-corrected chi connectivity index (χ3v) is 6.35. The van der Waals surface area contributed by atoms with E-state index in [0.717, 1.165) is 19.3 Å². The van der Waals surface area contributed by atoms with Gasteiger partial charge in [-0.2, -0.15) is 0 Å². The third kappa shape index (κ3) is 4.64. The Kier molecular flexibility index (Phi) is 5.89. The van der Waals surface area contributed by atoms with Gasteiger partial charge in [-0.1, -0.05) is 24.6 Å². The first-order valence-electron chi connectivity index (χ1n) is 9.97. The van der Waals surface area contributed by atoms with Crippen LogP contribution >= 0.6 is 11.3 Å². The van der Waals surface area contributed by atoms with E-state index in [-0.39, 0.29) is 30.1 Å². The molecule has 152 valence electrons. The number of hydrogen-bond donors (Lipinski definition) is 1. The van der Waals surface area contributed by atoms with Crippen molar-refractivity contribution in [3.05, 3.63) is 47.0 Å². The molecule has 1 aromatic carbocycles. The van der Waals surface area contributed by atoms with Crippen LogP contribution in [0.2, 0.25) is 0 Å². The molecule has 0 radical (unpaired) electrons. The van der Waals surface area contributed by atoms with Gasteiger partial charge in [-0.3, -0.25) is 19.7 Å². The van der Waals surface area contributed by atoms with E-state index < -0.39 is 0 Å². The summed E-state index contributed by atoms with van der Waals surface area (Å²) in [5.41, 5.74) is 1.21. The minimum Gasteiger partial charge on any atom is -0.339 e. The molecule has 0 unspecified atom stereocenters. The molecule has 0 atom stereocenters. The Morgan fingerprint density at radius 2 is 1.72 bits per heavy atom. The van der Waals surface area contributed by atoms with Gasteiger partial charge in [-0.15, -0.1) is 11.3 Å². The molecule has 1 aliphatic carbocycles. The van der Waals surface area contributed by atoms with E-state index in [0.29, 0.717) is 42.6 Å². The first-order chi connectivity index (χ1) is 14.1. The molecule has 0 spiro atoms. The number of aromatic nitrogens is 1. The zero-order valence-corrected chi connectivity index (χ0v) is 17.0. The van der Waals surface area contributed by atoms with E-state index in [1.807, 2.05) is 11.0 Å². The van der Waals surface area contributed by atoms with Gasteiger partial charge in [0.05, 0.1) is 12.1 Å². The number of thiazole rings is 1. The van der Waals surface area contributed by atoms with Crippen LogP contribution < -0.4 is 5.32 Å². The van der Waals surface area contributed by atoms with Crippen LogP contribution in [0.15, 0.2) is 35.7 Å². The van der Waals surface area contributed by atoms with Crippen molar-refractivity contribution in [3.63, 3.8) is 0 Å². The lowest BCUT2D eigenvalue weighted by Gasteiger charge is -2.38. The Balaban J connectivity index is 1.26. The minimum atomic E-state index is -0.218. The van der Waals surface area contributed by atoms with E-state index in [1.54, 1.807) is 34.5 Å². The molecule has 1 aromatic heterocycles. The number of nitrogens with zero attached hydrogens (tertiary/aromatic N) is 3. The van der Waals surface area contributed by atoms with Crippen LogP contribution in [0.25, 0.3) is 0 Å². The summed E-state index contributed by atoms with van der Waals surface area (Å²) in [7, 11) is 0. The second-order valence-corrected chi connectivity index (χ2v) is 8.33. The monoisotopic (exact) mass is 412 g/mol. The van der Waals surface area contributed by atoms with Gasteiger partial charge >= 0.3 is 0 Å². The second kappa shape index (κ2) is 8.73. The molecule has 1 N–H and O–H groups in total. The summed E-state index contributed by atoms with van der Waals surface area (Å²) in [5.74, 6) is 0.246. The predicted octanol–water partition coefficient (Wildman–Crippen LogP) is 2.41. The highest BCUT2D eigenvalue weighted by Gasteiger charge is 2.32. The Morgan fingerprint density at radius 1 is 1.03 bits per heavy atom. The van der Waals surface area contributed by atoms with Crippen LogP contribution in [-0.2, 0) is 16.0 Å². The van der Waals surface area contributed by atoms with E-state index in [9.17, 15) is 14.4 Å². The van der Waals surface area contributed by atoms with Crippen LogP contribution in [0.1, 0.15) is 35.3 Å². The van der Waals surface area contributed by atoms with E-state index in [4.69, 9.17) is 0 Å².